The Bertz CT molecular complexity index is 678. The van der Waals surface area contributed by atoms with Gasteiger partial charge in [0.1, 0.15) is 0 Å². The maximum Gasteiger partial charge on any atom is 0.393 e. The van der Waals surface area contributed by atoms with Gasteiger partial charge in [-0.3, -0.25) is 4.79 Å². The first-order valence-electron chi connectivity index (χ1n) is 9.60. The summed E-state index contributed by atoms with van der Waals surface area (Å²) in [7, 11) is 0. The van der Waals surface area contributed by atoms with Gasteiger partial charge in [-0.05, 0) is 18.0 Å². The molecule has 0 rings (SSSR count). The lowest BCUT2D eigenvalue weighted by Crippen LogP contribution is -2.73. The maximum absolute atomic E-state index is 13.7. The molecule has 0 aliphatic carbocycles. The molecule has 0 aromatic rings. The van der Waals surface area contributed by atoms with Crippen molar-refractivity contribution in [1.82, 2.24) is 5.32 Å². The molecule has 17 heteroatoms. The van der Waals surface area contributed by atoms with Gasteiger partial charge in [-0.1, -0.05) is 45.4 Å². The highest BCUT2D eigenvalue weighted by atomic mass is 35.5. The van der Waals surface area contributed by atoms with E-state index in [-0.39, 0.29) is 12.8 Å². The van der Waals surface area contributed by atoms with Crippen molar-refractivity contribution in [1.29, 1.82) is 0 Å². The van der Waals surface area contributed by atoms with Gasteiger partial charge in [-0.2, -0.15) is 61.5 Å². The van der Waals surface area contributed by atoms with E-state index in [1.165, 1.54) is 0 Å². The van der Waals surface area contributed by atoms with Crippen molar-refractivity contribution in [3.05, 3.63) is 0 Å². The van der Waals surface area contributed by atoms with Gasteiger partial charge in [0.05, 0.1) is 0 Å². The lowest BCUT2D eigenvalue weighted by molar-refractivity contribution is -0.431. The Morgan fingerprint density at radius 2 is 0.941 bits per heavy atom. The fourth-order valence-electron chi connectivity index (χ4n) is 2.50. The van der Waals surface area contributed by atoms with Crippen molar-refractivity contribution in [2.75, 3.05) is 6.54 Å². The molecule has 0 aliphatic rings. The number of halogens is 15. The van der Waals surface area contributed by atoms with Crippen LogP contribution in [-0.4, -0.2) is 53.4 Å². The Hall–Kier alpha value is -1.22. The number of nitrogens with one attached hydrogen (secondary N) is 1. The molecule has 2 nitrogen and oxygen atoms in total. The highest BCUT2D eigenvalue weighted by Crippen LogP contribution is 2.62. The first-order valence-corrected chi connectivity index (χ1v) is 9.98. The summed E-state index contributed by atoms with van der Waals surface area (Å²) in [6.45, 7) is 1.07. The van der Waals surface area contributed by atoms with Crippen LogP contribution in [0.25, 0.3) is 0 Å². The third-order valence-corrected chi connectivity index (χ3v) is 4.92. The van der Waals surface area contributed by atoms with Gasteiger partial charge < -0.3 is 5.32 Å². The summed E-state index contributed by atoms with van der Waals surface area (Å²) < 4.78 is 186. The molecule has 1 N–H and O–H groups in total. The van der Waals surface area contributed by atoms with Crippen LogP contribution in [-0.2, 0) is 4.79 Å². The molecule has 0 atom stereocenters. The molecule has 0 saturated carbocycles. The Kier molecular flexibility index (Phi) is 10.4. The minimum atomic E-state index is -8.24. The number of rotatable bonds is 15. The number of hydrogen-bond donors (Lipinski definition) is 1. The Morgan fingerprint density at radius 1 is 0.588 bits per heavy atom. The smallest absolute Gasteiger partial charge is 0.351 e. The van der Waals surface area contributed by atoms with Crippen molar-refractivity contribution in [3.63, 3.8) is 0 Å². The summed E-state index contributed by atoms with van der Waals surface area (Å²) in [5.74, 6) is -50.0. The highest BCUT2D eigenvalue weighted by Gasteiger charge is 2.93. The molecule has 0 aromatic carbocycles. The third kappa shape index (κ3) is 5.77. The van der Waals surface area contributed by atoms with Gasteiger partial charge in [0.2, 0.25) is 0 Å². The second-order valence-electron chi connectivity index (χ2n) is 7.32. The molecule has 0 saturated heterocycles. The SMILES string of the molecule is CCCCCCCCCNC(=O)C(F)(F)C(F)(F)C(F)(F)C(F)(F)C(F)(F)C(F)(F)C(F)(F)Cl. The first-order chi connectivity index (χ1) is 15.0. The van der Waals surface area contributed by atoms with Gasteiger partial charge in [0.15, 0.2) is 0 Å². The lowest BCUT2D eigenvalue weighted by Gasteiger charge is -2.41. The molecule has 1 amide bonds. The minimum absolute atomic E-state index is 0.152. The minimum Gasteiger partial charge on any atom is -0.351 e. The quantitative estimate of drug-likeness (QED) is 0.127. The zero-order valence-corrected chi connectivity index (χ0v) is 18.0. The molecular formula is C17H20ClF14NO. The highest BCUT2D eigenvalue weighted by molar-refractivity contribution is 6.22. The number of hydrogen-bond acceptors (Lipinski definition) is 1. The van der Waals surface area contributed by atoms with Crippen LogP contribution < -0.4 is 5.32 Å². The van der Waals surface area contributed by atoms with E-state index in [0.717, 1.165) is 24.6 Å². The normalized spacial score (nSPS) is 14.9. The number of alkyl halides is 15. The van der Waals surface area contributed by atoms with E-state index in [9.17, 15) is 66.3 Å². The molecule has 0 aromatic heterocycles. The van der Waals surface area contributed by atoms with E-state index in [0.29, 0.717) is 12.8 Å². The summed E-state index contributed by atoms with van der Waals surface area (Å²) in [5.41, 5.74) is 0. The standard InChI is InChI=1S/C17H20ClF14NO/c1-2-3-4-5-6-7-8-9-33-10(34)11(19,20)12(21,22)13(23,24)14(25,26)15(27,28)16(29,30)17(18,31)32/h2-9H2,1H3,(H,33,34). The van der Waals surface area contributed by atoms with Crippen LogP contribution in [0.2, 0.25) is 0 Å². The Labute approximate surface area is 189 Å². The second-order valence-corrected chi connectivity index (χ2v) is 7.80. The molecular weight excluding hydrogens is 536 g/mol. The summed E-state index contributed by atoms with van der Waals surface area (Å²) in [6, 6.07) is 0. The van der Waals surface area contributed by atoms with Gasteiger partial charge in [0, 0.05) is 6.54 Å². The van der Waals surface area contributed by atoms with Crippen LogP contribution in [0.4, 0.5) is 61.5 Å². The van der Waals surface area contributed by atoms with Crippen LogP contribution in [0, 0.1) is 0 Å². The van der Waals surface area contributed by atoms with Crippen LogP contribution in [0.15, 0.2) is 0 Å². The van der Waals surface area contributed by atoms with E-state index in [4.69, 9.17) is 0 Å². The molecule has 0 fully saturated rings. The molecule has 0 heterocycles. The molecule has 0 radical (unpaired) electrons. The Morgan fingerprint density at radius 3 is 1.35 bits per heavy atom. The summed E-state index contributed by atoms with van der Waals surface area (Å²) in [5, 5.41) is -5.67. The zero-order chi connectivity index (χ0) is 27.4. The third-order valence-electron chi connectivity index (χ3n) is 4.68. The Balaban J connectivity index is 5.65. The number of amides is 1. The average molecular weight is 556 g/mol. The first kappa shape index (κ1) is 32.8. The van der Waals surface area contributed by atoms with E-state index >= 15 is 0 Å². The van der Waals surface area contributed by atoms with Gasteiger partial charge in [-0.15, -0.1) is 0 Å². The van der Waals surface area contributed by atoms with Crippen LogP contribution in [0.3, 0.4) is 0 Å². The van der Waals surface area contributed by atoms with Crippen molar-refractivity contribution in [2.24, 2.45) is 0 Å². The molecule has 0 bridgehead atoms. The van der Waals surface area contributed by atoms with Crippen molar-refractivity contribution < 1.29 is 66.3 Å². The van der Waals surface area contributed by atoms with Crippen LogP contribution >= 0.6 is 11.6 Å². The monoisotopic (exact) mass is 555 g/mol. The fraction of sp³-hybridized carbons (Fsp3) is 0.941. The van der Waals surface area contributed by atoms with Crippen molar-refractivity contribution in [2.45, 2.75) is 92.8 Å². The number of unbranched alkanes of at least 4 members (excludes halogenated alkanes) is 6. The number of carbonyl (C=O) groups excluding carboxylic acids is 1. The second kappa shape index (κ2) is 10.8. The topological polar surface area (TPSA) is 29.1 Å². The molecule has 0 aliphatic heterocycles. The number of carbonyl (C=O) groups is 1. The zero-order valence-electron chi connectivity index (χ0n) is 17.2. The predicted octanol–water partition coefficient (Wildman–Crippen LogP) is 7.50. The van der Waals surface area contributed by atoms with E-state index in [1.54, 1.807) is 0 Å². The summed E-state index contributed by atoms with van der Waals surface area (Å²) >= 11 is 3.50. The van der Waals surface area contributed by atoms with Crippen molar-refractivity contribution >= 4 is 17.5 Å². The lowest BCUT2D eigenvalue weighted by atomic mass is 9.91. The maximum atomic E-state index is 13.7. The van der Waals surface area contributed by atoms with Gasteiger partial charge in [0.25, 0.3) is 5.91 Å². The van der Waals surface area contributed by atoms with Gasteiger partial charge in [-0.25, -0.2) is 0 Å². The van der Waals surface area contributed by atoms with Crippen LogP contribution in [0.1, 0.15) is 51.9 Å². The fourth-order valence-corrected chi connectivity index (χ4v) is 2.62. The molecule has 0 unspecified atom stereocenters. The molecule has 34 heavy (non-hydrogen) atoms. The largest absolute Gasteiger partial charge is 0.393 e. The van der Waals surface area contributed by atoms with Crippen molar-refractivity contribution in [3.8, 4) is 0 Å². The molecule has 0 spiro atoms. The summed E-state index contributed by atoms with van der Waals surface area (Å²) in [4.78, 5) is 11.3. The molecule has 204 valence electrons. The van der Waals surface area contributed by atoms with E-state index in [1.807, 2.05) is 6.92 Å². The van der Waals surface area contributed by atoms with Gasteiger partial charge >= 0.3 is 40.9 Å². The van der Waals surface area contributed by atoms with Crippen LogP contribution in [0.5, 0.6) is 0 Å². The summed E-state index contributed by atoms with van der Waals surface area (Å²) in [6.07, 6.45) is 3.84. The van der Waals surface area contributed by atoms with E-state index < -0.39 is 53.4 Å². The average Bonchev–Trinajstić information content (AvgIpc) is 2.68. The predicted molar refractivity (Wildman–Crippen MR) is 91.5 cm³/mol. The van der Waals surface area contributed by atoms with E-state index in [2.05, 4.69) is 11.6 Å².